The molecule has 8 nitrogen and oxygen atoms in total. The van der Waals surface area contributed by atoms with E-state index in [2.05, 4.69) is 43.7 Å². The molecule has 1 saturated heterocycles. The molecule has 4 aromatic rings. The number of aryl methyl sites for hydroxylation is 1. The van der Waals surface area contributed by atoms with Crippen LogP contribution >= 0.6 is 0 Å². The minimum atomic E-state index is -0.707. The van der Waals surface area contributed by atoms with Crippen molar-refractivity contribution >= 4 is 0 Å². The molecule has 1 fully saturated rings. The second-order valence-electron chi connectivity index (χ2n) is 9.04. The largest absolute Gasteiger partial charge is 0.415 e. The topological polar surface area (TPSA) is 113 Å². The van der Waals surface area contributed by atoms with Crippen molar-refractivity contribution in [2.75, 3.05) is 6.54 Å². The van der Waals surface area contributed by atoms with Crippen molar-refractivity contribution in [1.29, 1.82) is 5.26 Å². The molecule has 1 N–H and O–H groups in total. The van der Waals surface area contributed by atoms with Gasteiger partial charge < -0.3 is 9.73 Å². The van der Waals surface area contributed by atoms with Crippen LogP contribution in [-0.2, 0) is 5.41 Å². The van der Waals surface area contributed by atoms with Crippen LogP contribution in [0.15, 0.2) is 53.2 Å². The van der Waals surface area contributed by atoms with E-state index in [1.54, 1.807) is 12.4 Å². The van der Waals surface area contributed by atoms with Crippen molar-refractivity contribution in [3.05, 3.63) is 65.7 Å². The van der Waals surface area contributed by atoms with Crippen molar-refractivity contribution in [3.63, 3.8) is 0 Å². The summed E-state index contributed by atoms with van der Waals surface area (Å²) in [5.41, 5.74) is 4.78. The summed E-state index contributed by atoms with van der Waals surface area (Å²) in [6.45, 7) is 6.59. The molecule has 1 aliphatic rings. The Hall–Kier alpha value is -3.96. The van der Waals surface area contributed by atoms with Crippen molar-refractivity contribution in [3.8, 4) is 40.4 Å². The maximum Gasteiger partial charge on any atom is 0.268 e. The molecule has 0 radical (unpaired) electrons. The fraction of sp³-hybridized carbons (Fsp3) is 0.308. The number of aromatic nitrogens is 5. The van der Waals surface area contributed by atoms with Gasteiger partial charge in [-0.15, -0.1) is 10.2 Å². The Bertz CT molecular complexity index is 1360. The number of hydrogen-bond acceptors (Lipinski definition) is 8. The Kier molecular flexibility index (Phi) is 5.64. The quantitative estimate of drug-likeness (QED) is 0.461. The van der Waals surface area contributed by atoms with Crippen LogP contribution in [0, 0.1) is 18.3 Å². The molecule has 0 bridgehead atoms. The number of nitrogens with one attached hydrogen (secondary N) is 1. The standard InChI is InChI=1S/C26H25N7O/c1-16-23(31-21(14-30-16)19-10-12-29-22(13-19)26(2,3)15-27)25-33-32-24(34-25)18-8-6-17(7-9-18)20-5-4-11-28-20/h6-10,12-14,20,28H,4-5,11H2,1-3H3. The average molecular weight is 452 g/mol. The Morgan fingerprint density at radius 3 is 2.59 bits per heavy atom. The molecule has 1 aliphatic heterocycles. The predicted octanol–water partition coefficient (Wildman–Crippen LogP) is 4.79. The lowest BCUT2D eigenvalue weighted by Crippen LogP contribution is -2.15. The van der Waals surface area contributed by atoms with E-state index < -0.39 is 5.41 Å². The SMILES string of the molecule is Cc1ncc(-c2ccnc(C(C)(C)C#N)c2)nc1-c1nnc(-c2ccc(C3CCCN3)cc2)o1. The van der Waals surface area contributed by atoms with Crippen LogP contribution in [0.3, 0.4) is 0 Å². The molecule has 1 atom stereocenters. The van der Waals surface area contributed by atoms with E-state index in [4.69, 9.17) is 9.40 Å². The zero-order valence-electron chi connectivity index (χ0n) is 19.4. The maximum atomic E-state index is 9.46. The van der Waals surface area contributed by atoms with Crippen LogP contribution < -0.4 is 5.32 Å². The summed E-state index contributed by atoms with van der Waals surface area (Å²) in [4.78, 5) is 13.6. The van der Waals surface area contributed by atoms with Crippen LogP contribution in [0.4, 0.5) is 0 Å². The summed E-state index contributed by atoms with van der Waals surface area (Å²) < 4.78 is 5.99. The number of nitriles is 1. The second kappa shape index (κ2) is 8.76. The van der Waals surface area contributed by atoms with Gasteiger partial charge in [0, 0.05) is 23.4 Å². The second-order valence-corrected chi connectivity index (χ2v) is 9.04. The molecule has 0 amide bonds. The van der Waals surface area contributed by atoms with E-state index in [1.807, 2.05) is 45.0 Å². The normalized spacial score (nSPS) is 15.9. The van der Waals surface area contributed by atoms with Gasteiger partial charge in [0.1, 0.15) is 5.69 Å². The van der Waals surface area contributed by atoms with E-state index in [9.17, 15) is 5.26 Å². The van der Waals surface area contributed by atoms with Crippen molar-refractivity contribution in [1.82, 2.24) is 30.5 Å². The molecule has 0 saturated carbocycles. The van der Waals surface area contributed by atoms with E-state index in [1.165, 1.54) is 12.0 Å². The third-order valence-corrected chi connectivity index (χ3v) is 6.18. The van der Waals surface area contributed by atoms with Crippen molar-refractivity contribution < 1.29 is 4.42 Å². The summed E-state index contributed by atoms with van der Waals surface area (Å²) >= 11 is 0. The maximum absolute atomic E-state index is 9.46. The zero-order valence-corrected chi connectivity index (χ0v) is 19.4. The molecule has 170 valence electrons. The van der Waals surface area contributed by atoms with Crippen molar-refractivity contribution in [2.24, 2.45) is 0 Å². The molecule has 1 aromatic carbocycles. The molecule has 8 heteroatoms. The minimum Gasteiger partial charge on any atom is -0.415 e. The first kappa shape index (κ1) is 21.9. The third kappa shape index (κ3) is 4.18. The molecule has 4 heterocycles. The average Bonchev–Trinajstić information content (AvgIpc) is 3.57. The highest BCUT2D eigenvalue weighted by molar-refractivity contribution is 5.64. The smallest absolute Gasteiger partial charge is 0.268 e. The number of hydrogen-bond donors (Lipinski definition) is 1. The van der Waals surface area contributed by atoms with Crippen LogP contribution in [0.1, 0.15) is 49.7 Å². The van der Waals surface area contributed by atoms with Crippen molar-refractivity contribution in [2.45, 2.75) is 45.1 Å². The third-order valence-electron chi connectivity index (χ3n) is 6.18. The fourth-order valence-corrected chi connectivity index (χ4v) is 4.04. The predicted molar refractivity (Wildman–Crippen MR) is 127 cm³/mol. The fourth-order valence-electron chi connectivity index (χ4n) is 4.04. The molecule has 0 aliphatic carbocycles. The Morgan fingerprint density at radius 1 is 1.06 bits per heavy atom. The highest BCUT2D eigenvalue weighted by Gasteiger charge is 2.23. The van der Waals surface area contributed by atoms with Gasteiger partial charge in [-0.3, -0.25) is 9.97 Å². The van der Waals surface area contributed by atoms with Gasteiger partial charge >= 0.3 is 0 Å². The number of benzene rings is 1. The first-order valence-electron chi connectivity index (χ1n) is 11.3. The van der Waals surface area contributed by atoms with Crippen LogP contribution in [0.25, 0.3) is 34.3 Å². The lowest BCUT2D eigenvalue weighted by atomic mass is 9.90. The summed E-state index contributed by atoms with van der Waals surface area (Å²) in [6, 6.07) is 14.7. The molecular formula is C26H25N7O. The van der Waals surface area contributed by atoms with Gasteiger partial charge in [0.2, 0.25) is 5.89 Å². The number of pyridine rings is 1. The molecule has 0 spiro atoms. The van der Waals surface area contributed by atoms with Crippen LogP contribution in [-0.4, -0.2) is 31.7 Å². The molecular weight excluding hydrogens is 426 g/mol. The Balaban J connectivity index is 1.44. The first-order valence-corrected chi connectivity index (χ1v) is 11.3. The summed E-state index contributed by atoms with van der Waals surface area (Å²) in [5.74, 6) is 0.754. The number of rotatable bonds is 5. The Morgan fingerprint density at radius 2 is 1.85 bits per heavy atom. The summed E-state index contributed by atoms with van der Waals surface area (Å²) in [7, 11) is 0. The first-order chi connectivity index (χ1) is 16.4. The summed E-state index contributed by atoms with van der Waals surface area (Å²) in [5, 5.41) is 21.5. The van der Waals surface area contributed by atoms with E-state index in [0.717, 1.165) is 24.1 Å². The van der Waals surface area contributed by atoms with Gasteiger partial charge in [0.25, 0.3) is 5.89 Å². The monoisotopic (exact) mass is 451 g/mol. The van der Waals surface area contributed by atoms with E-state index >= 15 is 0 Å². The molecule has 3 aromatic heterocycles. The summed E-state index contributed by atoms with van der Waals surface area (Å²) in [6.07, 6.45) is 5.74. The van der Waals surface area contributed by atoms with Gasteiger partial charge in [0.05, 0.1) is 34.8 Å². The molecule has 34 heavy (non-hydrogen) atoms. The Labute approximate surface area is 198 Å². The lowest BCUT2D eigenvalue weighted by Gasteiger charge is -2.15. The minimum absolute atomic E-state index is 0.315. The lowest BCUT2D eigenvalue weighted by molar-refractivity contribution is 0.581. The van der Waals surface area contributed by atoms with E-state index in [0.29, 0.717) is 40.6 Å². The zero-order chi connectivity index (χ0) is 23.7. The van der Waals surface area contributed by atoms with Gasteiger partial charge in [-0.25, -0.2) is 4.98 Å². The number of nitrogens with zero attached hydrogens (tertiary/aromatic N) is 6. The van der Waals surface area contributed by atoms with Gasteiger partial charge in [-0.1, -0.05) is 12.1 Å². The molecule has 1 unspecified atom stereocenters. The highest BCUT2D eigenvalue weighted by Crippen LogP contribution is 2.30. The van der Waals surface area contributed by atoms with E-state index in [-0.39, 0.29) is 0 Å². The van der Waals surface area contributed by atoms with Crippen LogP contribution in [0.2, 0.25) is 0 Å². The highest BCUT2D eigenvalue weighted by atomic mass is 16.4. The van der Waals surface area contributed by atoms with Crippen LogP contribution in [0.5, 0.6) is 0 Å². The van der Waals surface area contributed by atoms with Gasteiger partial charge in [-0.2, -0.15) is 5.26 Å². The van der Waals surface area contributed by atoms with Gasteiger partial charge in [0.15, 0.2) is 0 Å². The van der Waals surface area contributed by atoms with Gasteiger partial charge in [-0.05, 0) is 70.0 Å². The molecule has 5 rings (SSSR count).